The van der Waals surface area contributed by atoms with Crippen molar-refractivity contribution in [1.82, 2.24) is 4.90 Å². The van der Waals surface area contributed by atoms with Crippen molar-refractivity contribution in [3.63, 3.8) is 0 Å². The van der Waals surface area contributed by atoms with Crippen molar-refractivity contribution in [1.29, 1.82) is 0 Å². The molecule has 1 aliphatic rings. The molecule has 3 nitrogen and oxygen atoms in total. The summed E-state index contributed by atoms with van der Waals surface area (Å²) >= 11 is 0.498. The summed E-state index contributed by atoms with van der Waals surface area (Å²) in [4.78, 5) is 14.7. The van der Waals surface area contributed by atoms with Gasteiger partial charge in [-0.05, 0) is 57.1 Å². The number of anilines is 1. The van der Waals surface area contributed by atoms with E-state index in [1.54, 1.807) is 24.3 Å². The number of carbonyl (C=O) groups is 1. The van der Waals surface area contributed by atoms with Crippen molar-refractivity contribution in [3.8, 4) is 0 Å². The van der Waals surface area contributed by atoms with Gasteiger partial charge in [0.25, 0.3) is 5.76 Å². The van der Waals surface area contributed by atoms with Crippen LogP contribution in [0.15, 0.2) is 29.2 Å². The SMILES string of the molecule is C[C@H](C(=O)Nc1ccc(SC(F)F)cc1)N1CCCC1. The third-order valence-corrected chi connectivity index (χ3v) is 4.14. The van der Waals surface area contributed by atoms with Gasteiger partial charge in [0.15, 0.2) is 0 Å². The Morgan fingerprint density at radius 2 is 1.85 bits per heavy atom. The summed E-state index contributed by atoms with van der Waals surface area (Å²) in [6.45, 7) is 3.80. The first kappa shape index (κ1) is 15.3. The zero-order valence-corrected chi connectivity index (χ0v) is 12.1. The van der Waals surface area contributed by atoms with Crippen molar-refractivity contribution in [2.24, 2.45) is 0 Å². The van der Waals surface area contributed by atoms with E-state index in [2.05, 4.69) is 10.2 Å². The van der Waals surface area contributed by atoms with Crippen LogP contribution in [0, 0.1) is 0 Å². The average Bonchev–Trinajstić information content (AvgIpc) is 2.93. The molecule has 20 heavy (non-hydrogen) atoms. The molecule has 1 fully saturated rings. The van der Waals surface area contributed by atoms with Gasteiger partial charge in [0.2, 0.25) is 5.91 Å². The molecular formula is C14H18F2N2OS. The summed E-state index contributed by atoms with van der Waals surface area (Å²) in [5.41, 5.74) is 0.639. The van der Waals surface area contributed by atoms with Crippen LogP contribution in [0.2, 0.25) is 0 Å². The third-order valence-electron chi connectivity index (χ3n) is 3.41. The number of thioether (sulfide) groups is 1. The molecule has 1 atom stereocenters. The lowest BCUT2D eigenvalue weighted by atomic mass is 10.2. The monoisotopic (exact) mass is 300 g/mol. The molecule has 0 aromatic heterocycles. The van der Waals surface area contributed by atoms with E-state index in [9.17, 15) is 13.6 Å². The van der Waals surface area contributed by atoms with Crippen LogP contribution in [0.3, 0.4) is 0 Å². The Hall–Kier alpha value is -1.14. The molecule has 0 unspecified atom stereocenters. The summed E-state index contributed by atoms with van der Waals surface area (Å²) in [5, 5.41) is 2.82. The third kappa shape index (κ3) is 4.18. The molecule has 1 aromatic carbocycles. The number of hydrogen-bond acceptors (Lipinski definition) is 3. The van der Waals surface area contributed by atoms with Crippen molar-refractivity contribution in [2.45, 2.75) is 36.5 Å². The van der Waals surface area contributed by atoms with E-state index in [-0.39, 0.29) is 11.9 Å². The topological polar surface area (TPSA) is 32.3 Å². The van der Waals surface area contributed by atoms with Gasteiger partial charge < -0.3 is 5.32 Å². The highest BCUT2D eigenvalue weighted by Crippen LogP contribution is 2.26. The van der Waals surface area contributed by atoms with E-state index in [1.165, 1.54) is 0 Å². The summed E-state index contributed by atoms with van der Waals surface area (Å²) in [6, 6.07) is 6.33. The predicted molar refractivity (Wildman–Crippen MR) is 77.2 cm³/mol. The summed E-state index contributed by atoms with van der Waals surface area (Å²) < 4.78 is 24.4. The van der Waals surface area contributed by atoms with E-state index in [4.69, 9.17) is 0 Å². The van der Waals surface area contributed by atoms with Crippen molar-refractivity contribution in [2.75, 3.05) is 18.4 Å². The average molecular weight is 300 g/mol. The van der Waals surface area contributed by atoms with Crippen molar-refractivity contribution >= 4 is 23.4 Å². The number of hydrogen-bond donors (Lipinski definition) is 1. The van der Waals surface area contributed by atoms with Crippen LogP contribution in [0.25, 0.3) is 0 Å². The molecule has 0 spiro atoms. The van der Waals surface area contributed by atoms with Gasteiger partial charge in [0.1, 0.15) is 0 Å². The molecule has 0 bridgehead atoms. The number of nitrogens with zero attached hydrogens (tertiary/aromatic N) is 1. The molecular weight excluding hydrogens is 282 g/mol. The van der Waals surface area contributed by atoms with Crippen molar-refractivity contribution < 1.29 is 13.6 Å². The molecule has 2 rings (SSSR count). The Bertz CT molecular complexity index is 447. The summed E-state index contributed by atoms with van der Waals surface area (Å²) in [6.07, 6.45) is 2.27. The number of carbonyl (C=O) groups excluding carboxylic acids is 1. The van der Waals surface area contributed by atoms with E-state index >= 15 is 0 Å². The Kier molecular flexibility index (Phi) is 5.37. The lowest BCUT2D eigenvalue weighted by Crippen LogP contribution is -2.40. The van der Waals surface area contributed by atoms with Crippen LogP contribution in [0.4, 0.5) is 14.5 Å². The van der Waals surface area contributed by atoms with Gasteiger partial charge >= 0.3 is 0 Å². The van der Waals surface area contributed by atoms with Crippen LogP contribution in [-0.2, 0) is 4.79 Å². The molecule has 1 aliphatic heterocycles. The Morgan fingerprint density at radius 3 is 2.40 bits per heavy atom. The largest absolute Gasteiger partial charge is 0.325 e. The zero-order valence-electron chi connectivity index (χ0n) is 11.3. The minimum Gasteiger partial charge on any atom is -0.325 e. The first-order valence-corrected chi connectivity index (χ1v) is 7.54. The van der Waals surface area contributed by atoms with Crippen LogP contribution < -0.4 is 5.32 Å². The maximum atomic E-state index is 12.2. The smallest absolute Gasteiger partial charge is 0.288 e. The fourth-order valence-electron chi connectivity index (χ4n) is 2.26. The number of amides is 1. The molecule has 110 valence electrons. The van der Waals surface area contributed by atoms with Crippen molar-refractivity contribution in [3.05, 3.63) is 24.3 Å². The number of alkyl halides is 2. The normalized spacial score (nSPS) is 17.4. The molecule has 1 aromatic rings. The Labute approximate surface area is 121 Å². The van der Waals surface area contributed by atoms with Gasteiger partial charge in [0.05, 0.1) is 6.04 Å². The van der Waals surface area contributed by atoms with Crippen LogP contribution in [0.1, 0.15) is 19.8 Å². The van der Waals surface area contributed by atoms with Gasteiger partial charge in [-0.2, -0.15) is 8.78 Å². The number of likely N-dealkylation sites (tertiary alicyclic amines) is 1. The van der Waals surface area contributed by atoms with Crippen LogP contribution >= 0.6 is 11.8 Å². The lowest BCUT2D eigenvalue weighted by molar-refractivity contribution is -0.120. The lowest BCUT2D eigenvalue weighted by Gasteiger charge is -2.22. The Morgan fingerprint density at radius 1 is 1.25 bits per heavy atom. The number of halogens is 2. The van der Waals surface area contributed by atoms with Gasteiger partial charge in [-0.1, -0.05) is 11.8 Å². The molecule has 1 saturated heterocycles. The molecule has 0 aliphatic carbocycles. The molecule has 0 saturated carbocycles. The van der Waals surface area contributed by atoms with Crippen LogP contribution in [-0.4, -0.2) is 35.7 Å². The zero-order chi connectivity index (χ0) is 14.5. The predicted octanol–water partition coefficient (Wildman–Crippen LogP) is 3.42. The van der Waals surface area contributed by atoms with E-state index in [1.807, 2.05) is 6.92 Å². The van der Waals surface area contributed by atoms with E-state index in [0.29, 0.717) is 22.3 Å². The van der Waals surface area contributed by atoms with E-state index in [0.717, 1.165) is 25.9 Å². The first-order chi connectivity index (χ1) is 9.56. The van der Waals surface area contributed by atoms with E-state index < -0.39 is 5.76 Å². The molecule has 6 heteroatoms. The van der Waals surface area contributed by atoms with Gasteiger partial charge in [0, 0.05) is 10.6 Å². The van der Waals surface area contributed by atoms with Gasteiger partial charge in [-0.15, -0.1) is 0 Å². The number of rotatable bonds is 5. The minimum atomic E-state index is -2.43. The maximum Gasteiger partial charge on any atom is 0.288 e. The molecule has 1 amide bonds. The summed E-state index contributed by atoms with van der Waals surface area (Å²) in [5.74, 6) is -2.48. The second kappa shape index (κ2) is 7.04. The highest BCUT2D eigenvalue weighted by atomic mass is 32.2. The maximum absolute atomic E-state index is 12.2. The minimum absolute atomic E-state index is 0.0545. The van der Waals surface area contributed by atoms with Crippen LogP contribution in [0.5, 0.6) is 0 Å². The molecule has 1 N–H and O–H groups in total. The Balaban J connectivity index is 1.90. The second-order valence-corrected chi connectivity index (χ2v) is 5.87. The molecule has 1 heterocycles. The second-order valence-electron chi connectivity index (χ2n) is 4.81. The number of nitrogens with one attached hydrogen (secondary N) is 1. The standard InChI is InChI=1S/C14H18F2N2OS/c1-10(18-8-2-3-9-18)13(19)17-11-4-6-12(7-5-11)20-14(15)16/h4-7,10,14H,2-3,8-9H2,1H3,(H,17,19)/t10-/m1/s1. The van der Waals surface area contributed by atoms with Gasteiger partial charge in [-0.25, -0.2) is 0 Å². The highest BCUT2D eigenvalue weighted by molar-refractivity contribution is 7.99. The van der Waals surface area contributed by atoms with Gasteiger partial charge in [-0.3, -0.25) is 9.69 Å². The highest BCUT2D eigenvalue weighted by Gasteiger charge is 2.23. The first-order valence-electron chi connectivity index (χ1n) is 6.66. The fraction of sp³-hybridized carbons (Fsp3) is 0.500. The number of benzene rings is 1. The molecule has 0 radical (unpaired) electrons. The quantitative estimate of drug-likeness (QED) is 0.846. The fourth-order valence-corrected chi connectivity index (χ4v) is 2.76. The summed E-state index contributed by atoms with van der Waals surface area (Å²) in [7, 11) is 0.